The zero-order valence-electron chi connectivity index (χ0n) is 17.8. The van der Waals surface area contributed by atoms with E-state index >= 15 is 0 Å². The SMILES string of the molecule is C[C@@]1(O)CCN(C(=O)COc2ccccc2)[C@@H](c2cccs2)[C@@H]1NC(=O)c1ccccc1. The quantitative estimate of drug-likeness (QED) is 0.601. The summed E-state index contributed by atoms with van der Waals surface area (Å²) in [5.41, 5.74) is -0.681. The van der Waals surface area contributed by atoms with E-state index in [2.05, 4.69) is 5.32 Å². The Kier molecular flexibility index (Phi) is 6.58. The van der Waals surface area contributed by atoms with Crippen molar-refractivity contribution in [3.05, 3.63) is 88.6 Å². The molecule has 1 aromatic heterocycles. The van der Waals surface area contributed by atoms with E-state index in [-0.39, 0.29) is 18.4 Å². The molecule has 4 rings (SSSR count). The summed E-state index contributed by atoms with van der Waals surface area (Å²) in [7, 11) is 0. The lowest BCUT2D eigenvalue weighted by molar-refractivity contribution is -0.144. The molecule has 32 heavy (non-hydrogen) atoms. The smallest absolute Gasteiger partial charge is 0.261 e. The zero-order valence-corrected chi connectivity index (χ0v) is 18.6. The second-order valence-corrected chi connectivity index (χ2v) is 9.05. The Hall–Kier alpha value is -3.16. The number of rotatable bonds is 6. The van der Waals surface area contributed by atoms with Gasteiger partial charge in [-0.2, -0.15) is 0 Å². The van der Waals surface area contributed by atoms with E-state index in [1.807, 2.05) is 41.8 Å². The van der Waals surface area contributed by atoms with Gasteiger partial charge in [0.05, 0.1) is 17.7 Å². The Morgan fingerprint density at radius 3 is 2.44 bits per heavy atom. The lowest BCUT2D eigenvalue weighted by atomic mass is 9.81. The van der Waals surface area contributed by atoms with Crippen LogP contribution in [0.15, 0.2) is 78.2 Å². The number of carbonyl (C=O) groups is 2. The third-order valence-electron chi connectivity index (χ3n) is 5.76. The molecular weight excluding hydrogens is 424 g/mol. The first-order valence-corrected chi connectivity index (χ1v) is 11.4. The van der Waals surface area contributed by atoms with Crippen LogP contribution in [0, 0.1) is 0 Å². The van der Waals surface area contributed by atoms with Crippen molar-refractivity contribution >= 4 is 23.2 Å². The molecule has 2 heterocycles. The molecule has 166 valence electrons. The number of ether oxygens (including phenoxy) is 1. The Labute approximate surface area is 191 Å². The van der Waals surface area contributed by atoms with Crippen LogP contribution in [0.2, 0.25) is 0 Å². The monoisotopic (exact) mass is 450 g/mol. The highest BCUT2D eigenvalue weighted by Crippen LogP contribution is 2.39. The molecule has 0 spiro atoms. The van der Waals surface area contributed by atoms with Gasteiger partial charge in [-0.1, -0.05) is 42.5 Å². The van der Waals surface area contributed by atoms with Crippen LogP contribution in [0.1, 0.15) is 34.6 Å². The molecule has 3 atom stereocenters. The molecule has 0 radical (unpaired) electrons. The molecule has 2 amide bonds. The Bertz CT molecular complexity index is 1040. The Morgan fingerprint density at radius 2 is 1.78 bits per heavy atom. The van der Waals surface area contributed by atoms with Gasteiger partial charge in [-0.25, -0.2) is 0 Å². The number of carbonyl (C=O) groups excluding carboxylic acids is 2. The normalized spacial score (nSPS) is 22.9. The van der Waals surface area contributed by atoms with Crippen LogP contribution in [0.5, 0.6) is 5.75 Å². The average Bonchev–Trinajstić information content (AvgIpc) is 3.34. The van der Waals surface area contributed by atoms with Crippen LogP contribution < -0.4 is 10.1 Å². The van der Waals surface area contributed by atoms with Gasteiger partial charge in [0.2, 0.25) is 0 Å². The summed E-state index contributed by atoms with van der Waals surface area (Å²) in [6.45, 7) is 1.96. The van der Waals surface area contributed by atoms with Crippen LogP contribution in [0.25, 0.3) is 0 Å². The molecule has 0 unspecified atom stereocenters. The maximum absolute atomic E-state index is 13.2. The first kappa shape index (κ1) is 22.0. The molecule has 0 aliphatic carbocycles. The van der Waals surface area contributed by atoms with Crippen LogP contribution in [0.4, 0.5) is 0 Å². The van der Waals surface area contributed by atoms with Crippen molar-refractivity contribution < 1.29 is 19.4 Å². The maximum atomic E-state index is 13.2. The zero-order chi connectivity index (χ0) is 22.6. The van der Waals surface area contributed by atoms with Gasteiger partial charge >= 0.3 is 0 Å². The molecule has 2 aromatic carbocycles. The summed E-state index contributed by atoms with van der Waals surface area (Å²) in [5, 5.41) is 16.2. The summed E-state index contributed by atoms with van der Waals surface area (Å²) in [4.78, 5) is 28.8. The number of hydrogen-bond donors (Lipinski definition) is 2. The summed E-state index contributed by atoms with van der Waals surface area (Å²) in [5.74, 6) is 0.139. The van der Waals surface area contributed by atoms with Gasteiger partial charge in [-0.05, 0) is 49.1 Å². The first-order valence-electron chi connectivity index (χ1n) is 10.5. The number of aliphatic hydroxyl groups is 1. The van der Waals surface area contributed by atoms with Gasteiger partial charge < -0.3 is 20.1 Å². The van der Waals surface area contributed by atoms with Crippen molar-refractivity contribution in [1.29, 1.82) is 0 Å². The highest BCUT2D eigenvalue weighted by molar-refractivity contribution is 7.10. The van der Waals surface area contributed by atoms with Crippen molar-refractivity contribution in [2.45, 2.75) is 31.0 Å². The van der Waals surface area contributed by atoms with Crippen LogP contribution in [0.3, 0.4) is 0 Å². The first-order chi connectivity index (χ1) is 15.5. The van der Waals surface area contributed by atoms with Gasteiger partial charge in [-0.15, -0.1) is 11.3 Å². The van der Waals surface area contributed by atoms with E-state index in [0.717, 1.165) is 4.88 Å². The van der Waals surface area contributed by atoms with Crippen molar-refractivity contribution in [3.63, 3.8) is 0 Å². The lowest BCUT2D eigenvalue weighted by Crippen LogP contribution is -2.63. The molecule has 1 aliphatic rings. The molecule has 0 bridgehead atoms. The van der Waals surface area contributed by atoms with Crippen molar-refractivity contribution in [1.82, 2.24) is 10.2 Å². The molecule has 1 saturated heterocycles. The lowest BCUT2D eigenvalue weighted by Gasteiger charge is -2.48. The number of para-hydroxylation sites is 1. The number of nitrogens with zero attached hydrogens (tertiary/aromatic N) is 1. The maximum Gasteiger partial charge on any atom is 0.261 e. The van der Waals surface area contributed by atoms with E-state index in [1.54, 1.807) is 48.2 Å². The number of hydrogen-bond acceptors (Lipinski definition) is 5. The Balaban J connectivity index is 1.59. The second kappa shape index (κ2) is 9.54. The largest absolute Gasteiger partial charge is 0.484 e. The minimum atomic E-state index is -1.18. The van der Waals surface area contributed by atoms with Gasteiger partial charge in [-0.3, -0.25) is 9.59 Å². The molecular formula is C25H26N2O4S. The third kappa shape index (κ3) is 4.84. The van der Waals surface area contributed by atoms with Gasteiger partial charge in [0.25, 0.3) is 11.8 Å². The van der Waals surface area contributed by atoms with Gasteiger partial charge in [0.1, 0.15) is 5.75 Å². The minimum Gasteiger partial charge on any atom is -0.484 e. The van der Waals surface area contributed by atoms with Crippen molar-refractivity contribution in [3.8, 4) is 5.75 Å². The molecule has 6 nitrogen and oxygen atoms in total. The number of piperidine rings is 1. The highest BCUT2D eigenvalue weighted by atomic mass is 32.1. The number of thiophene rings is 1. The fourth-order valence-electron chi connectivity index (χ4n) is 4.01. The summed E-state index contributed by atoms with van der Waals surface area (Å²) in [6.07, 6.45) is 0.339. The summed E-state index contributed by atoms with van der Waals surface area (Å²) < 4.78 is 5.69. The molecule has 3 aromatic rings. The van der Waals surface area contributed by atoms with E-state index in [1.165, 1.54) is 11.3 Å². The Morgan fingerprint density at radius 1 is 1.09 bits per heavy atom. The van der Waals surface area contributed by atoms with E-state index in [0.29, 0.717) is 24.3 Å². The minimum absolute atomic E-state index is 0.118. The van der Waals surface area contributed by atoms with E-state index < -0.39 is 17.7 Å². The van der Waals surface area contributed by atoms with Gasteiger partial charge in [0.15, 0.2) is 6.61 Å². The standard InChI is InChI=1S/C25H26N2O4S/c1-25(30)14-15-27(21(28)17-31-19-11-6-3-7-12-19)22(20-13-8-16-32-20)23(25)26-24(29)18-9-4-2-5-10-18/h2-13,16,22-23,30H,14-15,17H2,1H3,(H,26,29)/t22-,23-,25+/m0/s1. The van der Waals surface area contributed by atoms with Crippen LogP contribution in [-0.2, 0) is 4.79 Å². The molecule has 1 fully saturated rings. The molecule has 0 saturated carbocycles. The number of nitrogens with one attached hydrogen (secondary N) is 1. The van der Waals surface area contributed by atoms with Crippen LogP contribution >= 0.6 is 11.3 Å². The predicted octanol–water partition coefficient (Wildman–Crippen LogP) is 3.65. The van der Waals surface area contributed by atoms with Gasteiger partial charge in [0, 0.05) is 17.0 Å². The van der Waals surface area contributed by atoms with Crippen LogP contribution in [-0.4, -0.2) is 46.6 Å². The second-order valence-electron chi connectivity index (χ2n) is 8.07. The molecule has 7 heteroatoms. The third-order valence-corrected chi connectivity index (χ3v) is 6.71. The predicted molar refractivity (Wildman–Crippen MR) is 124 cm³/mol. The van der Waals surface area contributed by atoms with E-state index in [4.69, 9.17) is 4.74 Å². The summed E-state index contributed by atoms with van der Waals surface area (Å²) in [6, 6.07) is 20.7. The van der Waals surface area contributed by atoms with E-state index in [9.17, 15) is 14.7 Å². The topological polar surface area (TPSA) is 78.9 Å². The fourth-order valence-corrected chi connectivity index (χ4v) is 4.89. The number of likely N-dealkylation sites (tertiary alicyclic amines) is 1. The van der Waals surface area contributed by atoms with Crippen molar-refractivity contribution in [2.75, 3.05) is 13.2 Å². The molecule has 1 aliphatic heterocycles. The number of amides is 2. The average molecular weight is 451 g/mol. The highest BCUT2D eigenvalue weighted by Gasteiger charge is 2.48. The van der Waals surface area contributed by atoms with Crippen molar-refractivity contribution in [2.24, 2.45) is 0 Å². The fraction of sp³-hybridized carbons (Fsp3) is 0.280. The molecule has 2 N–H and O–H groups in total. The number of benzene rings is 2. The summed E-state index contributed by atoms with van der Waals surface area (Å²) >= 11 is 1.50.